The average Bonchev–Trinajstić information content (AvgIpc) is 2.61. The summed E-state index contributed by atoms with van der Waals surface area (Å²) in [5.74, 6) is -1.16. The Hall–Kier alpha value is -3.35. The third-order valence-electron chi connectivity index (χ3n) is 3.75. The van der Waals surface area contributed by atoms with Gasteiger partial charge in [0.15, 0.2) is 0 Å². The summed E-state index contributed by atoms with van der Waals surface area (Å²) in [6.45, 7) is 0.452. The molecule has 1 aromatic heterocycles. The fourth-order valence-electron chi connectivity index (χ4n) is 2.50. The smallest absolute Gasteiger partial charge is 0.248 e. The zero-order chi connectivity index (χ0) is 18.5. The van der Waals surface area contributed by atoms with Crippen LogP contribution in [0.5, 0.6) is 0 Å². The monoisotopic (exact) mass is 354 g/mol. The van der Waals surface area contributed by atoms with E-state index in [-0.39, 0.29) is 0 Å². The molecule has 0 radical (unpaired) electrons. The number of primary amides is 1. The fourth-order valence-corrected chi connectivity index (χ4v) is 2.50. The molecule has 3 N–H and O–H groups in total. The molecule has 2 aromatic carbocycles. The highest BCUT2D eigenvalue weighted by Crippen LogP contribution is 2.18. The lowest BCUT2D eigenvalue weighted by Crippen LogP contribution is -2.10. The van der Waals surface area contributed by atoms with Gasteiger partial charge in [0.2, 0.25) is 5.91 Å². The number of hydrogen-bond acceptors (Lipinski definition) is 4. The molecule has 3 rings (SSSR count). The zero-order valence-corrected chi connectivity index (χ0v) is 13.7. The summed E-state index contributed by atoms with van der Waals surface area (Å²) in [5, 5.41) is 11.2. The van der Waals surface area contributed by atoms with Crippen LogP contribution in [0.2, 0.25) is 0 Å². The molecule has 7 heteroatoms. The number of nitrogens with two attached hydrogens (primary N) is 1. The number of aromatic nitrogens is 2. The van der Waals surface area contributed by atoms with Gasteiger partial charge in [0, 0.05) is 23.7 Å². The number of benzene rings is 2. The Labute approximate surface area is 148 Å². The number of halogens is 2. The Morgan fingerprint density at radius 1 is 1.00 bits per heavy atom. The highest BCUT2D eigenvalue weighted by molar-refractivity contribution is 5.93. The fraction of sp³-hybridized carbons (Fsp3) is 0.105. The highest BCUT2D eigenvalue weighted by Gasteiger charge is 2.06. The Morgan fingerprint density at radius 2 is 1.77 bits per heavy atom. The van der Waals surface area contributed by atoms with E-state index in [0.29, 0.717) is 35.6 Å². The maximum atomic E-state index is 13.2. The van der Waals surface area contributed by atoms with Gasteiger partial charge in [-0.1, -0.05) is 12.1 Å². The molecule has 0 atom stereocenters. The van der Waals surface area contributed by atoms with Crippen LogP contribution in [0.3, 0.4) is 0 Å². The Balaban J connectivity index is 1.63. The van der Waals surface area contributed by atoms with E-state index in [4.69, 9.17) is 5.73 Å². The Bertz CT molecular complexity index is 909. The summed E-state index contributed by atoms with van der Waals surface area (Å²) in [7, 11) is 0. The quantitative estimate of drug-likeness (QED) is 0.712. The molecule has 1 amide bonds. The molecule has 0 saturated heterocycles. The van der Waals surface area contributed by atoms with Crippen molar-refractivity contribution >= 4 is 11.7 Å². The third kappa shape index (κ3) is 4.38. The van der Waals surface area contributed by atoms with E-state index in [9.17, 15) is 13.6 Å². The second-order valence-electron chi connectivity index (χ2n) is 5.70. The summed E-state index contributed by atoms with van der Waals surface area (Å²) in [6.07, 6.45) is 0.443. The first-order chi connectivity index (χ1) is 12.5. The normalized spacial score (nSPS) is 10.5. The number of carbonyl (C=O) groups is 1. The van der Waals surface area contributed by atoms with E-state index in [1.54, 1.807) is 30.3 Å². The van der Waals surface area contributed by atoms with Crippen molar-refractivity contribution < 1.29 is 13.6 Å². The molecule has 26 heavy (non-hydrogen) atoms. The second kappa shape index (κ2) is 7.69. The van der Waals surface area contributed by atoms with Gasteiger partial charge >= 0.3 is 0 Å². The standard InChI is InChI=1S/C19H16F2N4O/c20-15-8-12(9-16(21)11-15)6-7-23-18-5-4-17(24-25-18)13-2-1-3-14(10-13)19(22)26/h1-5,8-11H,6-7H2,(H2,22,26)(H,23,25). The van der Waals surface area contributed by atoms with E-state index in [2.05, 4.69) is 15.5 Å². The molecular weight excluding hydrogens is 338 g/mol. The average molecular weight is 354 g/mol. The van der Waals surface area contributed by atoms with Crippen LogP contribution in [0, 0.1) is 11.6 Å². The molecule has 0 bridgehead atoms. The zero-order valence-electron chi connectivity index (χ0n) is 13.7. The lowest BCUT2D eigenvalue weighted by atomic mass is 10.1. The van der Waals surface area contributed by atoms with Gasteiger partial charge in [-0.05, 0) is 48.4 Å². The molecule has 0 spiro atoms. The number of amides is 1. The number of anilines is 1. The Kier molecular flexibility index (Phi) is 5.17. The highest BCUT2D eigenvalue weighted by atomic mass is 19.1. The summed E-state index contributed by atoms with van der Waals surface area (Å²) < 4.78 is 26.3. The van der Waals surface area contributed by atoms with Crippen LogP contribution < -0.4 is 11.1 Å². The van der Waals surface area contributed by atoms with Gasteiger partial charge < -0.3 is 11.1 Å². The first-order valence-corrected chi connectivity index (χ1v) is 7.94. The van der Waals surface area contributed by atoms with Gasteiger partial charge in [-0.3, -0.25) is 4.79 Å². The first-order valence-electron chi connectivity index (χ1n) is 7.94. The molecule has 5 nitrogen and oxygen atoms in total. The van der Waals surface area contributed by atoms with E-state index in [1.165, 1.54) is 12.1 Å². The van der Waals surface area contributed by atoms with Gasteiger partial charge in [-0.2, -0.15) is 0 Å². The molecule has 0 unspecified atom stereocenters. The van der Waals surface area contributed by atoms with Gasteiger partial charge in [-0.15, -0.1) is 10.2 Å². The SMILES string of the molecule is NC(=O)c1cccc(-c2ccc(NCCc3cc(F)cc(F)c3)nn2)c1. The molecule has 132 valence electrons. The van der Waals surface area contributed by atoms with Crippen molar-refractivity contribution in [3.8, 4) is 11.3 Å². The number of hydrogen-bond donors (Lipinski definition) is 2. The van der Waals surface area contributed by atoms with Crippen LogP contribution >= 0.6 is 0 Å². The molecule has 0 saturated carbocycles. The Morgan fingerprint density at radius 3 is 2.42 bits per heavy atom. The van der Waals surface area contributed by atoms with E-state index >= 15 is 0 Å². The molecule has 0 aliphatic rings. The van der Waals surface area contributed by atoms with Gasteiger partial charge in [-0.25, -0.2) is 8.78 Å². The maximum absolute atomic E-state index is 13.2. The lowest BCUT2D eigenvalue weighted by molar-refractivity contribution is 0.100. The van der Waals surface area contributed by atoms with Gasteiger partial charge in [0.05, 0.1) is 5.69 Å². The van der Waals surface area contributed by atoms with Crippen LogP contribution in [-0.4, -0.2) is 22.6 Å². The molecule has 0 aliphatic carbocycles. The summed E-state index contributed by atoms with van der Waals surface area (Å²) >= 11 is 0. The van der Waals surface area contributed by atoms with Crippen LogP contribution in [-0.2, 0) is 6.42 Å². The molecular formula is C19H16F2N4O. The van der Waals surface area contributed by atoms with Crippen molar-refractivity contribution in [2.75, 3.05) is 11.9 Å². The number of rotatable bonds is 6. The number of carbonyl (C=O) groups excluding carboxylic acids is 1. The minimum Gasteiger partial charge on any atom is -0.368 e. The topological polar surface area (TPSA) is 80.9 Å². The molecule has 0 fully saturated rings. The minimum atomic E-state index is -0.595. The van der Waals surface area contributed by atoms with Gasteiger partial charge in [0.1, 0.15) is 17.5 Å². The van der Waals surface area contributed by atoms with Crippen LogP contribution in [0.25, 0.3) is 11.3 Å². The number of nitrogens with one attached hydrogen (secondary N) is 1. The van der Waals surface area contributed by atoms with Crippen molar-refractivity contribution in [3.63, 3.8) is 0 Å². The third-order valence-corrected chi connectivity index (χ3v) is 3.75. The van der Waals surface area contributed by atoms with Crippen LogP contribution in [0.15, 0.2) is 54.6 Å². The molecule has 1 heterocycles. The maximum Gasteiger partial charge on any atom is 0.248 e. The largest absolute Gasteiger partial charge is 0.368 e. The van der Waals surface area contributed by atoms with E-state index in [1.807, 2.05) is 6.07 Å². The van der Waals surface area contributed by atoms with Gasteiger partial charge in [0.25, 0.3) is 0 Å². The summed E-state index contributed by atoms with van der Waals surface area (Å²) in [5.41, 5.74) is 7.56. The second-order valence-corrected chi connectivity index (χ2v) is 5.70. The van der Waals surface area contributed by atoms with E-state index in [0.717, 1.165) is 11.6 Å². The van der Waals surface area contributed by atoms with Crippen molar-refractivity contribution in [2.45, 2.75) is 6.42 Å². The van der Waals surface area contributed by atoms with E-state index < -0.39 is 17.5 Å². The lowest BCUT2D eigenvalue weighted by Gasteiger charge is -2.07. The summed E-state index contributed by atoms with van der Waals surface area (Å²) in [6, 6.07) is 13.7. The first kappa shape index (κ1) is 17.5. The van der Waals surface area contributed by atoms with Crippen LogP contribution in [0.4, 0.5) is 14.6 Å². The van der Waals surface area contributed by atoms with Crippen molar-refractivity contribution in [2.24, 2.45) is 5.73 Å². The van der Waals surface area contributed by atoms with Crippen LogP contribution in [0.1, 0.15) is 15.9 Å². The van der Waals surface area contributed by atoms with Crippen molar-refractivity contribution in [3.05, 3.63) is 77.4 Å². The summed E-state index contributed by atoms with van der Waals surface area (Å²) in [4.78, 5) is 11.2. The van der Waals surface area contributed by atoms with Crippen molar-refractivity contribution in [1.29, 1.82) is 0 Å². The minimum absolute atomic E-state index is 0.397. The number of nitrogens with zero attached hydrogens (tertiary/aromatic N) is 2. The molecule has 0 aliphatic heterocycles. The van der Waals surface area contributed by atoms with Crippen molar-refractivity contribution in [1.82, 2.24) is 10.2 Å². The predicted molar refractivity (Wildman–Crippen MR) is 94.5 cm³/mol. The predicted octanol–water partition coefficient (Wildman–Crippen LogP) is 3.18. The molecule has 3 aromatic rings.